The first-order chi connectivity index (χ1) is 21.9. The molecule has 1 amide bonds. The molecule has 45 heavy (non-hydrogen) atoms. The lowest BCUT2D eigenvalue weighted by Crippen LogP contribution is -2.45. The van der Waals surface area contributed by atoms with Gasteiger partial charge in [0.2, 0.25) is 5.91 Å². The lowest BCUT2D eigenvalue weighted by molar-refractivity contribution is -0.122. The Bertz CT molecular complexity index is 929. The molecule has 0 fully saturated rings. The molecule has 0 bridgehead atoms. The predicted octanol–water partition coefficient (Wildman–Crippen LogP) is 8.54. The van der Waals surface area contributed by atoms with Crippen LogP contribution in [-0.2, 0) is 18.4 Å². The van der Waals surface area contributed by atoms with E-state index >= 15 is 0 Å². The van der Waals surface area contributed by atoms with E-state index in [1.807, 2.05) is 18.2 Å². The number of allylic oxidation sites excluding steroid dienone is 11. The van der Waals surface area contributed by atoms with Gasteiger partial charge in [-0.1, -0.05) is 125 Å². The summed E-state index contributed by atoms with van der Waals surface area (Å²) in [6, 6.07) is -0.916. The number of carbonyl (C=O) groups is 1. The van der Waals surface area contributed by atoms with Crippen LogP contribution in [0.25, 0.3) is 0 Å². The SMILES string of the molecule is CC/C=C\C/C=C\C/C=C\C/C=C\CCC(=O)NC(COP(=O)(O)OCCN)C(O)/C=C/CC/C=C/CCCCCCCCC. The zero-order chi connectivity index (χ0) is 33.3. The number of amides is 1. The number of phosphoric ester groups is 1. The van der Waals surface area contributed by atoms with Crippen molar-refractivity contribution in [2.45, 2.75) is 129 Å². The summed E-state index contributed by atoms with van der Waals surface area (Å²) in [4.78, 5) is 22.5. The van der Waals surface area contributed by atoms with E-state index in [1.54, 1.807) is 6.08 Å². The van der Waals surface area contributed by atoms with Crippen molar-refractivity contribution < 1.29 is 28.4 Å². The minimum absolute atomic E-state index is 0.0598. The maximum Gasteiger partial charge on any atom is 0.472 e. The van der Waals surface area contributed by atoms with E-state index < -0.39 is 26.6 Å². The number of nitrogens with one attached hydrogen (secondary N) is 1. The zero-order valence-corrected chi connectivity index (χ0v) is 29.0. The molecule has 0 saturated heterocycles. The summed E-state index contributed by atoms with van der Waals surface area (Å²) in [7, 11) is -4.36. The highest BCUT2D eigenvalue weighted by Gasteiger charge is 2.26. The Morgan fingerprint density at radius 3 is 1.96 bits per heavy atom. The van der Waals surface area contributed by atoms with Crippen molar-refractivity contribution in [1.29, 1.82) is 0 Å². The molecule has 0 aliphatic rings. The predicted molar refractivity (Wildman–Crippen MR) is 189 cm³/mol. The third-order valence-electron chi connectivity index (χ3n) is 6.78. The summed E-state index contributed by atoms with van der Waals surface area (Å²) in [5.74, 6) is -0.289. The van der Waals surface area contributed by atoms with E-state index in [9.17, 15) is 19.4 Å². The summed E-state index contributed by atoms with van der Waals surface area (Å²) in [6.07, 6.45) is 39.7. The highest BCUT2D eigenvalue weighted by atomic mass is 31.2. The Balaban J connectivity index is 4.60. The van der Waals surface area contributed by atoms with Crippen molar-refractivity contribution in [3.63, 3.8) is 0 Å². The van der Waals surface area contributed by atoms with Gasteiger partial charge in [0.25, 0.3) is 0 Å². The second-order valence-corrected chi connectivity index (χ2v) is 12.4. The number of hydrogen-bond donors (Lipinski definition) is 4. The van der Waals surface area contributed by atoms with Crippen molar-refractivity contribution in [2.75, 3.05) is 19.8 Å². The van der Waals surface area contributed by atoms with Crippen molar-refractivity contribution in [2.24, 2.45) is 5.73 Å². The molecule has 0 spiro atoms. The second-order valence-electron chi connectivity index (χ2n) is 11.0. The van der Waals surface area contributed by atoms with Gasteiger partial charge in [-0.2, -0.15) is 0 Å². The van der Waals surface area contributed by atoms with Crippen LogP contribution < -0.4 is 11.1 Å². The number of phosphoric acid groups is 1. The van der Waals surface area contributed by atoms with Crippen LogP contribution in [0.5, 0.6) is 0 Å². The third kappa shape index (κ3) is 30.4. The summed E-state index contributed by atoms with van der Waals surface area (Å²) in [5, 5.41) is 13.5. The first-order valence-corrected chi connectivity index (χ1v) is 18.6. The quantitative estimate of drug-likeness (QED) is 0.0348. The first kappa shape index (κ1) is 42.9. The molecule has 0 aliphatic carbocycles. The molecule has 258 valence electrons. The molecular weight excluding hydrogens is 587 g/mol. The smallest absolute Gasteiger partial charge is 0.387 e. The number of rotatable bonds is 30. The molecule has 0 saturated carbocycles. The van der Waals surface area contributed by atoms with Gasteiger partial charge in [-0.15, -0.1) is 0 Å². The lowest BCUT2D eigenvalue weighted by Gasteiger charge is -2.23. The summed E-state index contributed by atoms with van der Waals surface area (Å²) >= 11 is 0. The fraction of sp³-hybridized carbons (Fsp3) is 0.639. The fourth-order valence-electron chi connectivity index (χ4n) is 4.21. The van der Waals surface area contributed by atoms with Gasteiger partial charge in [-0.05, 0) is 57.8 Å². The molecule has 0 aromatic carbocycles. The summed E-state index contributed by atoms with van der Waals surface area (Å²) in [6.45, 7) is 3.88. The summed E-state index contributed by atoms with van der Waals surface area (Å²) in [5.41, 5.74) is 5.33. The number of aliphatic hydroxyl groups is 1. The summed E-state index contributed by atoms with van der Waals surface area (Å²) < 4.78 is 21.9. The number of carbonyl (C=O) groups excluding carboxylic acids is 1. The van der Waals surface area contributed by atoms with E-state index in [1.165, 1.54) is 44.9 Å². The van der Waals surface area contributed by atoms with Gasteiger partial charge < -0.3 is 21.1 Å². The van der Waals surface area contributed by atoms with Gasteiger partial charge in [-0.3, -0.25) is 13.8 Å². The van der Waals surface area contributed by atoms with Crippen molar-refractivity contribution in [3.8, 4) is 0 Å². The van der Waals surface area contributed by atoms with Crippen LogP contribution in [0.15, 0.2) is 72.9 Å². The molecule has 0 aromatic rings. The van der Waals surface area contributed by atoms with Crippen LogP contribution in [0.4, 0.5) is 0 Å². The minimum atomic E-state index is -4.36. The molecule has 9 heteroatoms. The first-order valence-electron chi connectivity index (χ1n) is 17.1. The van der Waals surface area contributed by atoms with Crippen LogP contribution in [0.1, 0.15) is 117 Å². The van der Waals surface area contributed by atoms with Crippen molar-refractivity contribution in [3.05, 3.63) is 72.9 Å². The molecule has 0 heterocycles. The van der Waals surface area contributed by atoms with Gasteiger partial charge in [-0.25, -0.2) is 4.57 Å². The van der Waals surface area contributed by atoms with E-state index in [4.69, 9.17) is 14.8 Å². The Hall–Kier alpha value is -2.06. The Morgan fingerprint density at radius 2 is 1.31 bits per heavy atom. The molecular formula is C36H63N2O6P. The highest BCUT2D eigenvalue weighted by molar-refractivity contribution is 7.47. The van der Waals surface area contributed by atoms with Gasteiger partial charge in [0.15, 0.2) is 0 Å². The number of nitrogens with two attached hydrogens (primary N) is 1. The molecule has 0 aliphatic heterocycles. The number of hydrogen-bond acceptors (Lipinski definition) is 6. The highest BCUT2D eigenvalue weighted by Crippen LogP contribution is 2.43. The zero-order valence-electron chi connectivity index (χ0n) is 28.1. The Morgan fingerprint density at radius 1 is 0.756 bits per heavy atom. The van der Waals surface area contributed by atoms with Crippen molar-refractivity contribution >= 4 is 13.7 Å². The van der Waals surface area contributed by atoms with Gasteiger partial charge in [0.1, 0.15) is 0 Å². The van der Waals surface area contributed by atoms with Crippen LogP contribution in [0.3, 0.4) is 0 Å². The van der Waals surface area contributed by atoms with E-state index in [2.05, 4.69) is 67.8 Å². The molecule has 0 rings (SSSR count). The average Bonchev–Trinajstić information content (AvgIpc) is 3.02. The maximum absolute atomic E-state index is 12.6. The van der Waals surface area contributed by atoms with Gasteiger partial charge in [0.05, 0.1) is 25.4 Å². The van der Waals surface area contributed by atoms with Crippen LogP contribution >= 0.6 is 7.82 Å². The Labute approximate surface area is 274 Å². The van der Waals surface area contributed by atoms with E-state index in [0.29, 0.717) is 6.42 Å². The molecule has 5 N–H and O–H groups in total. The van der Waals surface area contributed by atoms with E-state index in [0.717, 1.165) is 44.9 Å². The fourth-order valence-corrected chi connectivity index (χ4v) is 4.97. The number of unbranched alkanes of at least 4 members (excludes halogenated alkanes) is 8. The van der Waals surface area contributed by atoms with Crippen molar-refractivity contribution in [1.82, 2.24) is 5.32 Å². The molecule has 0 radical (unpaired) electrons. The lowest BCUT2D eigenvalue weighted by atomic mass is 10.1. The third-order valence-corrected chi connectivity index (χ3v) is 7.76. The van der Waals surface area contributed by atoms with Crippen LogP contribution in [-0.4, -0.2) is 47.8 Å². The molecule has 8 nitrogen and oxygen atoms in total. The Kier molecular flexibility index (Phi) is 30.4. The number of aliphatic hydroxyl groups excluding tert-OH is 1. The van der Waals surface area contributed by atoms with Gasteiger partial charge in [0, 0.05) is 13.0 Å². The standard InChI is InChI=1S/C36H63N2O6P/c1-3-5-7-9-11-13-15-17-19-21-23-25-27-29-35(39)34(33-44-45(41,42)43-32-31-37)38-36(40)30-28-26-24-22-20-18-16-14-12-10-8-6-4-2/h6,8,12,14,18-21,24,26-27,29,34-35,39H,3-5,7,9-11,13,15-17,22-23,25,28,30-33,37H2,1-2H3,(H,38,40)(H,41,42)/b8-6-,14-12-,20-18-,21-19+,26-24-,29-27+. The topological polar surface area (TPSA) is 131 Å². The molecule has 3 atom stereocenters. The van der Waals surface area contributed by atoms with Gasteiger partial charge >= 0.3 is 7.82 Å². The van der Waals surface area contributed by atoms with Crippen LogP contribution in [0.2, 0.25) is 0 Å². The second kappa shape index (κ2) is 31.9. The van der Waals surface area contributed by atoms with E-state index in [-0.39, 0.29) is 25.5 Å². The largest absolute Gasteiger partial charge is 0.472 e. The molecule has 3 unspecified atom stereocenters. The minimum Gasteiger partial charge on any atom is -0.387 e. The average molecular weight is 651 g/mol. The monoisotopic (exact) mass is 650 g/mol. The normalized spacial score (nSPS) is 15.4. The molecule has 0 aromatic heterocycles. The van der Waals surface area contributed by atoms with Crippen LogP contribution in [0, 0.1) is 0 Å². The maximum atomic E-state index is 12.6.